The monoisotopic (exact) mass is 807 g/mol. The number of carbonyl (C=O) groups is 2. The smallest absolute Gasteiger partial charge is 0.320 e. The zero-order chi connectivity index (χ0) is 40.2. The second kappa shape index (κ2) is 17.3. The van der Waals surface area contributed by atoms with Gasteiger partial charge in [-0.05, 0) is 81.0 Å². The molecule has 5 aromatic rings. The van der Waals surface area contributed by atoms with E-state index in [-0.39, 0.29) is 25.2 Å². The number of nitriles is 1. The number of carbonyl (C=O) groups excluding carboxylic acids is 1. The molecule has 2 aliphatic rings. The van der Waals surface area contributed by atoms with Gasteiger partial charge in [0.1, 0.15) is 42.6 Å². The molecule has 294 valence electrons. The van der Waals surface area contributed by atoms with E-state index in [1.165, 1.54) is 6.20 Å². The Hall–Kier alpha value is -5.61. The summed E-state index contributed by atoms with van der Waals surface area (Å²) in [5.41, 5.74) is 6.74. The van der Waals surface area contributed by atoms with Crippen molar-refractivity contribution in [2.75, 3.05) is 17.2 Å². The summed E-state index contributed by atoms with van der Waals surface area (Å²) in [6.45, 7) is 5.34. The molecule has 0 saturated carbocycles. The maximum atomic E-state index is 13.5. The van der Waals surface area contributed by atoms with Gasteiger partial charge < -0.3 is 29.8 Å². The van der Waals surface area contributed by atoms with Crippen LogP contribution in [0.15, 0.2) is 67.0 Å². The first-order valence-electron chi connectivity index (χ1n) is 18.9. The Bertz CT molecular complexity index is 2370. The highest BCUT2D eigenvalue weighted by Gasteiger charge is 2.30. The van der Waals surface area contributed by atoms with E-state index in [0.717, 1.165) is 65.0 Å². The van der Waals surface area contributed by atoms with E-state index >= 15 is 0 Å². The summed E-state index contributed by atoms with van der Waals surface area (Å²) in [6, 6.07) is 18.4. The van der Waals surface area contributed by atoms with Gasteiger partial charge in [-0.3, -0.25) is 19.5 Å². The molecule has 7 rings (SSSR count). The Kier molecular flexibility index (Phi) is 12.0. The van der Waals surface area contributed by atoms with Crippen LogP contribution in [-0.2, 0) is 38.0 Å². The molecule has 1 unspecified atom stereocenters. The third-order valence-corrected chi connectivity index (χ3v) is 11.4. The fraction of sp³-hybridized carbons (Fsp3) is 0.326. The van der Waals surface area contributed by atoms with Gasteiger partial charge in [0.15, 0.2) is 0 Å². The molecular weight excluding hydrogens is 765 g/mol. The summed E-state index contributed by atoms with van der Waals surface area (Å²) in [5, 5.41) is 26.4. The molecule has 0 radical (unpaired) electrons. The third kappa shape index (κ3) is 8.71. The first-order valence-corrected chi connectivity index (χ1v) is 19.7. The average molecular weight is 809 g/mol. The van der Waals surface area contributed by atoms with Crippen LogP contribution in [0.2, 0.25) is 10.0 Å². The summed E-state index contributed by atoms with van der Waals surface area (Å²) < 4.78 is 14.5. The van der Waals surface area contributed by atoms with Crippen molar-refractivity contribution in [3.63, 3.8) is 0 Å². The van der Waals surface area contributed by atoms with Crippen molar-refractivity contribution < 1.29 is 24.2 Å². The number of nitrogens with one attached hydrogen (secondary N) is 2. The molecule has 2 aromatic heterocycles. The van der Waals surface area contributed by atoms with Crippen LogP contribution in [0.4, 0.5) is 11.5 Å². The number of fused-ring (bicyclic) bond motifs is 1. The number of halogens is 2. The van der Waals surface area contributed by atoms with Crippen molar-refractivity contribution in [1.82, 2.24) is 19.4 Å². The highest BCUT2D eigenvalue weighted by atomic mass is 35.5. The second-order valence-corrected chi connectivity index (χ2v) is 15.4. The van der Waals surface area contributed by atoms with Gasteiger partial charge in [0, 0.05) is 54.8 Å². The molecule has 4 heterocycles. The lowest BCUT2D eigenvalue weighted by Gasteiger charge is -2.33. The number of nitrogens with zero attached hydrogens (tertiary/aromatic N) is 5. The number of pyridine rings is 1. The van der Waals surface area contributed by atoms with Crippen LogP contribution in [0.3, 0.4) is 0 Å². The zero-order valence-electron chi connectivity index (χ0n) is 31.9. The van der Waals surface area contributed by atoms with Crippen LogP contribution in [0, 0.1) is 18.3 Å². The molecule has 1 saturated heterocycles. The lowest BCUT2D eigenvalue weighted by atomic mass is 9.96. The Labute approximate surface area is 341 Å². The number of aromatic nitrogens is 3. The maximum Gasteiger partial charge on any atom is 0.320 e. The van der Waals surface area contributed by atoms with E-state index in [1.54, 1.807) is 30.5 Å². The van der Waals surface area contributed by atoms with Gasteiger partial charge in [-0.25, -0.2) is 4.98 Å². The predicted molar refractivity (Wildman–Crippen MR) is 219 cm³/mol. The van der Waals surface area contributed by atoms with Gasteiger partial charge in [0.05, 0.1) is 27.0 Å². The largest absolute Gasteiger partial charge is 0.488 e. The Morgan fingerprint density at radius 1 is 1.02 bits per heavy atom. The first-order chi connectivity index (χ1) is 27.5. The van der Waals surface area contributed by atoms with Gasteiger partial charge in [-0.2, -0.15) is 5.26 Å². The van der Waals surface area contributed by atoms with Gasteiger partial charge >= 0.3 is 5.97 Å². The summed E-state index contributed by atoms with van der Waals surface area (Å²) in [4.78, 5) is 36.2. The second-order valence-electron chi connectivity index (χ2n) is 14.6. The molecule has 1 amide bonds. The Balaban J connectivity index is 1.11. The number of rotatable bonds is 12. The van der Waals surface area contributed by atoms with Crippen LogP contribution in [-0.4, -0.2) is 55.0 Å². The molecule has 3 N–H and O–H groups in total. The van der Waals surface area contributed by atoms with Crippen molar-refractivity contribution in [2.24, 2.45) is 7.05 Å². The van der Waals surface area contributed by atoms with Crippen molar-refractivity contribution >= 4 is 46.6 Å². The van der Waals surface area contributed by atoms with E-state index in [9.17, 15) is 20.0 Å². The van der Waals surface area contributed by atoms with Crippen molar-refractivity contribution in [3.05, 3.63) is 116 Å². The summed E-state index contributed by atoms with van der Waals surface area (Å²) in [6.07, 6.45) is 7.24. The van der Waals surface area contributed by atoms with Crippen LogP contribution in [0.25, 0.3) is 11.1 Å². The quantitative estimate of drug-likeness (QED) is 0.112. The number of hydrogen-bond acceptors (Lipinski definition) is 9. The highest BCUT2D eigenvalue weighted by molar-refractivity contribution is 6.36. The van der Waals surface area contributed by atoms with Crippen molar-refractivity contribution in [1.29, 1.82) is 5.26 Å². The summed E-state index contributed by atoms with van der Waals surface area (Å²) >= 11 is 13.9. The van der Waals surface area contributed by atoms with Crippen LogP contribution < -0.4 is 20.1 Å². The van der Waals surface area contributed by atoms with Gasteiger partial charge in [0.2, 0.25) is 5.82 Å². The Morgan fingerprint density at radius 3 is 2.61 bits per heavy atom. The van der Waals surface area contributed by atoms with E-state index in [4.69, 9.17) is 32.7 Å². The van der Waals surface area contributed by atoms with Crippen molar-refractivity contribution in [2.45, 2.75) is 77.8 Å². The number of likely N-dealkylation sites (tertiary alicyclic amines) is 1. The molecule has 2 atom stereocenters. The third-order valence-electron chi connectivity index (χ3n) is 10.7. The molecule has 3 aromatic carbocycles. The lowest BCUT2D eigenvalue weighted by Crippen LogP contribution is -2.44. The zero-order valence-corrected chi connectivity index (χ0v) is 33.5. The lowest BCUT2D eigenvalue weighted by molar-refractivity contribution is -0.144. The molecule has 0 aliphatic carbocycles. The van der Waals surface area contributed by atoms with E-state index in [1.807, 2.05) is 53.8 Å². The fourth-order valence-corrected chi connectivity index (χ4v) is 8.03. The molecule has 57 heavy (non-hydrogen) atoms. The minimum atomic E-state index is -0.854. The standard InChI is InChI=1S/C43H43Cl2N7O5/c1-25-13-14-35-40(48-25)50-41(51(35)3)42(53)49-34-11-7-10-32(39(34)45)31-9-6-8-29(26(31)2)24-57-38-18-37(56-23-28-16-27(19-46)20-47-21-28)30(17-33(38)44)22-52-15-5-4-12-36(52)43(54)55/h6-11,16-18,20-21,25,36,48H,4-5,12-15,22-24H2,1-3H3,(H,49,53)(H,54,55)/t25?,36-/m0/s1. The molecule has 1 fully saturated rings. The van der Waals surface area contributed by atoms with Gasteiger partial charge in [0.25, 0.3) is 5.91 Å². The number of amides is 1. The minimum Gasteiger partial charge on any atom is -0.488 e. The number of carboxylic acids is 1. The first kappa shape index (κ1) is 39.6. The van der Waals surface area contributed by atoms with E-state index in [0.29, 0.717) is 63.7 Å². The number of carboxylic acid groups (broad SMARTS) is 1. The molecule has 14 heteroatoms. The number of benzene rings is 3. The maximum absolute atomic E-state index is 13.5. The molecule has 0 spiro atoms. The van der Waals surface area contributed by atoms with Crippen LogP contribution in [0.1, 0.15) is 76.7 Å². The van der Waals surface area contributed by atoms with Gasteiger partial charge in [-0.1, -0.05) is 60.0 Å². The SMILES string of the molecule is Cc1c(COc2cc(OCc3cncc(C#N)c3)c(CN3CCCC[C@H]3C(=O)O)cc2Cl)cccc1-c1cccc(NC(=O)c2nc3c(n2C)CCC(C)N3)c1Cl. The Morgan fingerprint density at radius 2 is 1.81 bits per heavy atom. The number of imidazole rings is 1. The highest BCUT2D eigenvalue weighted by Crippen LogP contribution is 2.39. The summed E-state index contributed by atoms with van der Waals surface area (Å²) in [7, 11) is 1.85. The minimum absolute atomic E-state index is 0.126. The van der Waals surface area contributed by atoms with Crippen LogP contribution >= 0.6 is 23.2 Å². The van der Waals surface area contributed by atoms with Crippen molar-refractivity contribution in [3.8, 4) is 28.7 Å². The number of ether oxygens (including phenoxy) is 2. The average Bonchev–Trinajstić information content (AvgIpc) is 3.53. The predicted octanol–water partition coefficient (Wildman–Crippen LogP) is 8.57. The molecule has 2 aliphatic heterocycles. The topological polar surface area (TPSA) is 155 Å². The van der Waals surface area contributed by atoms with E-state index in [2.05, 4.69) is 33.6 Å². The van der Waals surface area contributed by atoms with Gasteiger partial charge in [-0.15, -0.1) is 0 Å². The molecule has 12 nitrogen and oxygen atoms in total. The number of aliphatic carboxylic acids is 1. The molecular formula is C43H43Cl2N7O5. The number of piperidine rings is 1. The number of anilines is 2. The fourth-order valence-electron chi connectivity index (χ4n) is 7.51. The summed E-state index contributed by atoms with van der Waals surface area (Å²) in [5.74, 6) is 0.714. The van der Waals surface area contributed by atoms with Crippen LogP contribution in [0.5, 0.6) is 11.5 Å². The normalized spacial score (nSPS) is 16.6. The number of hydrogen-bond donors (Lipinski definition) is 3. The molecule has 0 bridgehead atoms. The van der Waals surface area contributed by atoms with E-state index < -0.39 is 12.0 Å².